The quantitative estimate of drug-likeness (QED) is 0.914. The number of halogens is 1. The zero-order valence-electron chi connectivity index (χ0n) is 10.6. The third-order valence-electron chi connectivity index (χ3n) is 3.29. The molecule has 5 heteroatoms. The molecule has 1 aliphatic rings. The van der Waals surface area contributed by atoms with Crippen molar-refractivity contribution in [3.8, 4) is 0 Å². The molecule has 1 amide bonds. The van der Waals surface area contributed by atoms with Gasteiger partial charge in [-0.2, -0.15) is 0 Å². The van der Waals surface area contributed by atoms with Crippen LogP contribution in [0.15, 0.2) is 12.3 Å². The summed E-state index contributed by atoms with van der Waals surface area (Å²) in [7, 11) is 0. The van der Waals surface area contributed by atoms with E-state index in [1.807, 2.05) is 13.8 Å². The smallest absolute Gasteiger partial charge is 0.254 e. The zero-order chi connectivity index (χ0) is 13.1. The van der Waals surface area contributed by atoms with Crippen LogP contribution in [0.2, 0.25) is 5.02 Å². The lowest BCUT2D eigenvalue weighted by atomic mass is 10.0. The Hall–Kier alpha value is -1.13. The number of nitrogens with zero attached hydrogens (tertiary/aromatic N) is 1. The second-order valence-electron chi connectivity index (χ2n) is 4.64. The van der Waals surface area contributed by atoms with E-state index >= 15 is 0 Å². The molecular weight excluding hydrogens is 252 g/mol. The van der Waals surface area contributed by atoms with Crippen molar-refractivity contribution >= 4 is 17.5 Å². The molecule has 1 aliphatic heterocycles. The van der Waals surface area contributed by atoms with Gasteiger partial charge in [0.2, 0.25) is 0 Å². The Bertz CT molecular complexity index is 451. The summed E-state index contributed by atoms with van der Waals surface area (Å²) in [5, 5.41) is 3.33. The normalized spacial score (nSPS) is 23.1. The second-order valence-corrected chi connectivity index (χ2v) is 5.05. The summed E-state index contributed by atoms with van der Waals surface area (Å²) in [6.07, 6.45) is 2.71. The van der Waals surface area contributed by atoms with E-state index in [1.54, 1.807) is 6.07 Å². The van der Waals surface area contributed by atoms with Gasteiger partial charge in [-0.05, 0) is 26.3 Å². The van der Waals surface area contributed by atoms with Gasteiger partial charge in [-0.1, -0.05) is 11.6 Å². The molecule has 0 aromatic carbocycles. The first-order chi connectivity index (χ1) is 8.58. The molecule has 1 aromatic heterocycles. The third-order valence-corrected chi connectivity index (χ3v) is 3.61. The topological polar surface area (TPSA) is 51.2 Å². The van der Waals surface area contributed by atoms with E-state index in [0.29, 0.717) is 23.0 Å². The molecule has 1 fully saturated rings. The van der Waals surface area contributed by atoms with Gasteiger partial charge in [0.25, 0.3) is 5.91 Å². The molecule has 0 saturated carbocycles. The zero-order valence-corrected chi connectivity index (χ0v) is 11.3. The first-order valence-corrected chi connectivity index (χ1v) is 6.47. The summed E-state index contributed by atoms with van der Waals surface area (Å²) in [4.78, 5) is 16.0. The number of nitrogens with one attached hydrogen (secondary N) is 1. The highest BCUT2D eigenvalue weighted by atomic mass is 35.5. The molecule has 0 spiro atoms. The minimum absolute atomic E-state index is 0.174. The Morgan fingerprint density at radius 3 is 3.06 bits per heavy atom. The van der Waals surface area contributed by atoms with Crippen molar-refractivity contribution < 1.29 is 9.53 Å². The van der Waals surface area contributed by atoms with E-state index in [9.17, 15) is 4.79 Å². The van der Waals surface area contributed by atoms with E-state index in [1.165, 1.54) is 6.20 Å². The molecular formula is C13H17ClN2O2. The number of ether oxygens (including phenoxy) is 1. The van der Waals surface area contributed by atoms with Crippen molar-refractivity contribution in [3.05, 3.63) is 28.5 Å². The number of aromatic nitrogens is 1. The van der Waals surface area contributed by atoms with Crippen LogP contribution in [0.25, 0.3) is 0 Å². The Labute approximate surface area is 112 Å². The molecule has 18 heavy (non-hydrogen) atoms. The van der Waals surface area contributed by atoms with E-state index in [2.05, 4.69) is 10.3 Å². The van der Waals surface area contributed by atoms with Crippen LogP contribution in [0.4, 0.5) is 0 Å². The maximum absolute atomic E-state index is 12.0. The Morgan fingerprint density at radius 1 is 1.67 bits per heavy atom. The van der Waals surface area contributed by atoms with Crippen LogP contribution in [0.3, 0.4) is 0 Å². The standard InChI is InChI=1S/C13H17ClN2O2/c1-8-5-12(14)11(7-15-8)13(17)16-6-10-3-4-18-9(10)2/h5,7,9-10H,3-4,6H2,1-2H3,(H,16,17). The summed E-state index contributed by atoms with van der Waals surface area (Å²) in [6.45, 7) is 5.26. The second kappa shape index (κ2) is 5.67. The molecule has 98 valence electrons. The van der Waals surface area contributed by atoms with Gasteiger partial charge in [-0.3, -0.25) is 9.78 Å². The monoisotopic (exact) mass is 268 g/mol. The third kappa shape index (κ3) is 3.00. The van der Waals surface area contributed by atoms with Gasteiger partial charge in [-0.25, -0.2) is 0 Å². The van der Waals surface area contributed by atoms with Crippen LogP contribution < -0.4 is 5.32 Å². The van der Waals surface area contributed by atoms with Gasteiger partial charge in [-0.15, -0.1) is 0 Å². The largest absolute Gasteiger partial charge is 0.378 e. The van der Waals surface area contributed by atoms with Crippen molar-refractivity contribution in [3.63, 3.8) is 0 Å². The van der Waals surface area contributed by atoms with E-state index in [4.69, 9.17) is 16.3 Å². The van der Waals surface area contributed by atoms with Crippen molar-refractivity contribution in [2.45, 2.75) is 26.4 Å². The average Bonchev–Trinajstić information content (AvgIpc) is 2.72. The lowest BCUT2D eigenvalue weighted by Gasteiger charge is -2.15. The summed E-state index contributed by atoms with van der Waals surface area (Å²) < 4.78 is 5.45. The van der Waals surface area contributed by atoms with E-state index in [-0.39, 0.29) is 12.0 Å². The molecule has 2 rings (SSSR count). The molecule has 2 heterocycles. The highest BCUT2D eigenvalue weighted by Gasteiger charge is 2.24. The van der Waals surface area contributed by atoms with Gasteiger partial charge < -0.3 is 10.1 Å². The Balaban J connectivity index is 1.95. The molecule has 4 nitrogen and oxygen atoms in total. The van der Waals surface area contributed by atoms with Gasteiger partial charge in [0.15, 0.2) is 0 Å². The number of pyridine rings is 1. The van der Waals surface area contributed by atoms with Gasteiger partial charge in [0.05, 0.1) is 16.7 Å². The number of aryl methyl sites for hydroxylation is 1. The van der Waals surface area contributed by atoms with Crippen molar-refractivity contribution in [1.29, 1.82) is 0 Å². The van der Waals surface area contributed by atoms with E-state index in [0.717, 1.165) is 18.7 Å². The predicted molar refractivity (Wildman–Crippen MR) is 69.8 cm³/mol. The molecule has 2 unspecified atom stereocenters. The van der Waals surface area contributed by atoms with Gasteiger partial charge >= 0.3 is 0 Å². The van der Waals surface area contributed by atoms with Crippen LogP contribution in [0.1, 0.15) is 29.4 Å². The highest BCUT2D eigenvalue weighted by molar-refractivity contribution is 6.33. The average molecular weight is 269 g/mol. The van der Waals surface area contributed by atoms with E-state index < -0.39 is 0 Å². The SMILES string of the molecule is Cc1cc(Cl)c(C(=O)NCC2CCOC2C)cn1. The number of rotatable bonds is 3. The fraction of sp³-hybridized carbons (Fsp3) is 0.538. The molecule has 1 aromatic rings. The van der Waals surface area contributed by atoms with Crippen LogP contribution in [0, 0.1) is 12.8 Å². The van der Waals surface area contributed by atoms with Crippen LogP contribution in [0.5, 0.6) is 0 Å². The maximum atomic E-state index is 12.0. The number of carbonyl (C=O) groups is 1. The fourth-order valence-corrected chi connectivity index (χ4v) is 2.35. The first kappa shape index (κ1) is 13.3. The summed E-state index contributed by atoms with van der Waals surface area (Å²) in [5.41, 5.74) is 1.23. The summed E-state index contributed by atoms with van der Waals surface area (Å²) in [6, 6.07) is 1.69. The summed E-state index contributed by atoms with van der Waals surface area (Å²) in [5.74, 6) is 0.206. The molecule has 1 N–H and O–H groups in total. The molecule has 1 saturated heterocycles. The molecule has 0 bridgehead atoms. The van der Waals surface area contributed by atoms with Crippen molar-refractivity contribution in [2.24, 2.45) is 5.92 Å². The molecule has 2 atom stereocenters. The molecule has 0 aliphatic carbocycles. The fourth-order valence-electron chi connectivity index (χ4n) is 2.06. The van der Waals surface area contributed by atoms with Crippen molar-refractivity contribution in [2.75, 3.05) is 13.2 Å². The van der Waals surface area contributed by atoms with Gasteiger partial charge in [0.1, 0.15) is 0 Å². The van der Waals surface area contributed by atoms with Crippen LogP contribution in [-0.2, 0) is 4.74 Å². The minimum Gasteiger partial charge on any atom is -0.378 e. The lowest BCUT2D eigenvalue weighted by Crippen LogP contribution is -2.32. The number of hydrogen-bond acceptors (Lipinski definition) is 3. The predicted octanol–water partition coefficient (Wildman–Crippen LogP) is 2.20. The highest BCUT2D eigenvalue weighted by Crippen LogP contribution is 2.20. The van der Waals surface area contributed by atoms with Crippen LogP contribution >= 0.6 is 11.6 Å². The number of amides is 1. The van der Waals surface area contributed by atoms with Gasteiger partial charge in [0, 0.05) is 31.0 Å². The summed E-state index contributed by atoms with van der Waals surface area (Å²) >= 11 is 6.02. The maximum Gasteiger partial charge on any atom is 0.254 e. The first-order valence-electron chi connectivity index (χ1n) is 6.10. The lowest BCUT2D eigenvalue weighted by molar-refractivity contribution is 0.0907. The number of carbonyl (C=O) groups excluding carboxylic acids is 1. The molecule has 0 radical (unpaired) electrons. The Morgan fingerprint density at radius 2 is 2.44 bits per heavy atom. The van der Waals surface area contributed by atoms with Crippen LogP contribution in [-0.4, -0.2) is 30.1 Å². The Kier molecular flexibility index (Phi) is 4.19. The van der Waals surface area contributed by atoms with Crippen molar-refractivity contribution in [1.82, 2.24) is 10.3 Å². The minimum atomic E-state index is -0.174. The number of hydrogen-bond donors (Lipinski definition) is 1.